The van der Waals surface area contributed by atoms with Crippen LogP contribution in [0.2, 0.25) is 0 Å². The van der Waals surface area contributed by atoms with Gasteiger partial charge >= 0.3 is 0 Å². The topological polar surface area (TPSA) is 55.1 Å². The van der Waals surface area contributed by atoms with Gasteiger partial charge in [0.2, 0.25) is 0 Å². The van der Waals surface area contributed by atoms with Gasteiger partial charge in [0, 0.05) is 5.56 Å². The van der Waals surface area contributed by atoms with Crippen LogP contribution in [0.5, 0.6) is 0 Å². The van der Waals surface area contributed by atoms with E-state index in [1.54, 1.807) is 18.2 Å². The number of amides is 1. The van der Waals surface area contributed by atoms with Gasteiger partial charge in [0.05, 0.1) is 18.7 Å². The molecule has 90 valence electrons. The highest BCUT2D eigenvalue weighted by molar-refractivity contribution is 5.96. The van der Waals surface area contributed by atoms with E-state index in [0.29, 0.717) is 5.56 Å². The molecule has 1 aromatic rings. The third-order valence-electron chi connectivity index (χ3n) is 1.91. The van der Waals surface area contributed by atoms with Crippen LogP contribution in [0.3, 0.4) is 0 Å². The summed E-state index contributed by atoms with van der Waals surface area (Å²) < 4.78 is 23.9. The van der Waals surface area contributed by atoms with Crippen molar-refractivity contribution in [1.82, 2.24) is 5.32 Å². The molecule has 0 radical (unpaired) electrons. The number of hydrogen-bond donors (Lipinski definition) is 2. The number of alkyl halides is 2. The first-order valence-corrected chi connectivity index (χ1v) is 4.99. The molecule has 3 N–H and O–H groups in total. The Morgan fingerprint density at radius 3 is 2.76 bits per heavy atom. The minimum Gasteiger partial charge on any atom is -0.346 e. The van der Waals surface area contributed by atoms with E-state index in [0.717, 1.165) is 0 Å². The summed E-state index contributed by atoms with van der Waals surface area (Å²) in [6.07, 6.45) is -2.57. The smallest absolute Gasteiger partial charge is 0.255 e. The number of nitrogens with two attached hydrogens (primary N) is 1. The molecule has 1 amide bonds. The third kappa shape index (κ3) is 4.21. The first-order valence-electron chi connectivity index (χ1n) is 4.99. The van der Waals surface area contributed by atoms with Crippen molar-refractivity contribution in [2.75, 3.05) is 13.1 Å². The standard InChI is InChI=1S/C12H12F2N2O/c13-11(14)8-16-12(17)10-6-2-1-4-9(10)5-3-7-15/h1-2,4,6,11H,7-8,15H2,(H,16,17). The molecule has 0 heterocycles. The van der Waals surface area contributed by atoms with E-state index in [1.165, 1.54) is 6.07 Å². The quantitative estimate of drug-likeness (QED) is 0.772. The lowest BCUT2D eigenvalue weighted by Gasteiger charge is -2.06. The van der Waals surface area contributed by atoms with Gasteiger partial charge in [0.1, 0.15) is 0 Å². The number of carbonyl (C=O) groups excluding carboxylic acids is 1. The Morgan fingerprint density at radius 1 is 1.41 bits per heavy atom. The molecule has 0 aliphatic carbocycles. The zero-order valence-electron chi connectivity index (χ0n) is 9.04. The molecule has 0 spiro atoms. The first-order chi connectivity index (χ1) is 8.15. The number of benzene rings is 1. The van der Waals surface area contributed by atoms with Crippen LogP contribution in [0, 0.1) is 11.8 Å². The number of rotatable bonds is 3. The van der Waals surface area contributed by atoms with Gasteiger partial charge in [-0.3, -0.25) is 4.79 Å². The molecule has 0 saturated carbocycles. The van der Waals surface area contributed by atoms with Crippen molar-refractivity contribution in [2.45, 2.75) is 6.43 Å². The van der Waals surface area contributed by atoms with Crippen LogP contribution in [0.25, 0.3) is 0 Å². The zero-order valence-corrected chi connectivity index (χ0v) is 9.04. The summed E-state index contributed by atoms with van der Waals surface area (Å²) in [6, 6.07) is 6.52. The second-order valence-corrected chi connectivity index (χ2v) is 3.15. The van der Waals surface area contributed by atoms with Crippen molar-refractivity contribution in [3.63, 3.8) is 0 Å². The number of halogens is 2. The maximum Gasteiger partial charge on any atom is 0.255 e. The Morgan fingerprint density at radius 2 is 2.12 bits per heavy atom. The van der Waals surface area contributed by atoms with Crippen molar-refractivity contribution >= 4 is 5.91 Å². The molecule has 17 heavy (non-hydrogen) atoms. The van der Waals surface area contributed by atoms with E-state index in [4.69, 9.17) is 5.73 Å². The molecule has 0 bridgehead atoms. The normalized spacial score (nSPS) is 9.65. The lowest BCUT2D eigenvalue weighted by atomic mass is 10.1. The van der Waals surface area contributed by atoms with Gasteiger partial charge in [-0.15, -0.1) is 0 Å². The maximum absolute atomic E-state index is 12.0. The summed E-state index contributed by atoms with van der Waals surface area (Å²) in [7, 11) is 0. The Hall–Kier alpha value is -1.93. The van der Waals surface area contributed by atoms with Crippen molar-refractivity contribution in [3.8, 4) is 11.8 Å². The van der Waals surface area contributed by atoms with Gasteiger partial charge in [-0.05, 0) is 12.1 Å². The minimum absolute atomic E-state index is 0.174. The summed E-state index contributed by atoms with van der Waals surface area (Å²) in [5, 5.41) is 2.13. The van der Waals surface area contributed by atoms with E-state index in [-0.39, 0.29) is 12.1 Å². The van der Waals surface area contributed by atoms with E-state index in [2.05, 4.69) is 17.2 Å². The number of hydrogen-bond acceptors (Lipinski definition) is 2. The van der Waals surface area contributed by atoms with Gasteiger partial charge in [-0.25, -0.2) is 8.78 Å². The Balaban J connectivity index is 2.85. The summed E-state index contributed by atoms with van der Waals surface area (Å²) >= 11 is 0. The highest BCUT2D eigenvalue weighted by Gasteiger charge is 2.11. The van der Waals surface area contributed by atoms with Crippen molar-refractivity contribution in [1.29, 1.82) is 0 Å². The molecule has 0 saturated heterocycles. The SMILES string of the molecule is NCC#Cc1ccccc1C(=O)NCC(F)F. The molecule has 3 nitrogen and oxygen atoms in total. The monoisotopic (exact) mass is 238 g/mol. The van der Waals surface area contributed by atoms with Gasteiger partial charge in [0.25, 0.3) is 12.3 Å². The molecule has 1 aromatic carbocycles. The van der Waals surface area contributed by atoms with Crippen LogP contribution < -0.4 is 11.1 Å². The molecule has 5 heteroatoms. The second kappa shape index (κ2) is 6.61. The number of carbonyl (C=O) groups is 1. The van der Waals surface area contributed by atoms with Crippen molar-refractivity contribution in [3.05, 3.63) is 35.4 Å². The molecule has 0 fully saturated rings. The summed E-state index contributed by atoms with van der Waals surface area (Å²) in [5.74, 6) is 4.77. The molecule has 0 aliphatic rings. The predicted octanol–water partition coefficient (Wildman–Crippen LogP) is 0.992. The fourth-order valence-corrected chi connectivity index (χ4v) is 1.20. The molecule has 0 unspecified atom stereocenters. The van der Waals surface area contributed by atoms with E-state index in [1.807, 2.05) is 0 Å². The third-order valence-corrected chi connectivity index (χ3v) is 1.91. The average molecular weight is 238 g/mol. The van der Waals surface area contributed by atoms with Crippen molar-refractivity contribution < 1.29 is 13.6 Å². The minimum atomic E-state index is -2.57. The Kier molecular flexibility index (Phi) is 5.11. The van der Waals surface area contributed by atoms with Crippen LogP contribution in [-0.2, 0) is 0 Å². The molecule has 0 aromatic heterocycles. The Bertz CT molecular complexity index is 449. The maximum atomic E-state index is 12.0. The van der Waals surface area contributed by atoms with Crippen LogP contribution in [0.15, 0.2) is 24.3 Å². The highest BCUT2D eigenvalue weighted by Crippen LogP contribution is 2.07. The lowest BCUT2D eigenvalue weighted by Crippen LogP contribution is -2.29. The van der Waals surface area contributed by atoms with E-state index in [9.17, 15) is 13.6 Å². The summed E-state index contributed by atoms with van der Waals surface area (Å²) in [6.45, 7) is -0.496. The molecule has 1 rings (SSSR count). The molecule has 0 atom stereocenters. The van der Waals surface area contributed by atoms with Gasteiger partial charge in [0.15, 0.2) is 0 Å². The zero-order chi connectivity index (χ0) is 12.7. The van der Waals surface area contributed by atoms with Crippen LogP contribution in [-0.4, -0.2) is 25.4 Å². The van der Waals surface area contributed by atoms with E-state index < -0.39 is 18.9 Å². The van der Waals surface area contributed by atoms with Crippen LogP contribution in [0.4, 0.5) is 8.78 Å². The van der Waals surface area contributed by atoms with E-state index >= 15 is 0 Å². The number of nitrogens with one attached hydrogen (secondary N) is 1. The highest BCUT2D eigenvalue weighted by atomic mass is 19.3. The second-order valence-electron chi connectivity index (χ2n) is 3.15. The van der Waals surface area contributed by atoms with Crippen LogP contribution in [0.1, 0.15) is 15.9 Å². The van der Waals surface area contributed by atoms with Gasteiger partial charge in [-0.2, -0.15) is 0 Å². The Labute approximate surface area is 98.0 Å². The fourth-order valence-electron chi connectivity index (χ4n) is 1.20. The van der Waals surface area contributed by atoms with Crippen LogP contribution >= 0.6 is 0 Å². The first kappa shape index (κ1) is 13.1. The molecule has 0 aliphatic heterocycles. The van der Waals surface area contributed by atoms with Gasteiger partial charge in [-0.1, -0.05) is 24.0 Å². The lowest BCUT2D eigenvalue weighted by molar-refractivity contribution is 0.0891. The summed E-state index contributed by atoms with van der Waals surface area (Å²) in [5.41, 5.74) is 5.98. The predicted molar refractivity (Wildman–Crippen MR) is 60.7 cm³/mol. The molecular weight excluding hydrogens is 226 g/mol. The molecular formula is C12H12F2N2O. The van der Waals surface area contributed by atoms with Gasteiger partial charge < -0.3 is 11.1 Å². The summed E-state index contributed by atoms with van der Waals surface area (Å²) in [4.78, 5) is 11.6. The fraction of sp³-hybridized carbons (Fsp3) is 0.250. The van der Waals surface area contributed by atoms with Crippen molar-refractivity contribution in [2.24, 2.45) is 5.73 Å². The average Bonchev–Trinajstić information content (AvgIpc) is 2.33. The largest absolute Gasteiger partial charge is 0.346 e.